The molecule has 9 nitrogen and oxygen atoms in total. The predicted molar refractivity (Wildman–Crippen MR) is 133 cm³/mol. The molecule has 0 aromatic rings. The Morgan fingerprint density at radius 2 is 1.86 bits per heavy atom. The van der Waals surface area contributed by atoms with Gasteiger partial charge in [-0.25, -0.2) is 0 Å². The van der Waals surface area contributed by atoms with E-state index in [2.05, 4.69) is 23.9 Å². The molecule has 0 unspecified atom stereocenters. The molecule has 1 aliphatic heterocycles. The van der Waals surface area contributed by atoms with E-state index in [1.807, 2.05) is 0 Å². The van der Waals surface area contributed by atoms with Crippen molar-refractivity contribution in [3.8, 4) is 0 Å². The monoisotopic (exact) mass is 523 g/mol. The lowest BCUT2D eigenvalue weighted by Crippen LogP contribution is -2.55. The van der Waals surface area contributed by atoms with Crippen molar-refractivity contribution in [2.45, 2.75) is 116 Å². The minimum absolute atomic E-state index is 0.0162. The first-order chi connectivity index (χ1) is 16.9. The number of carbonyl (C=O) groups is 1. The summed E-state index contributed by atoms with van der Waals surface area (Å²) in [4.78, 5) is 15.6. The van der Waals surface area contributed by atoms with E-state index in [0.717, 1.165) is 51.2 Å². The second-order valence-corrected chi connectivity index (χ2v) is 14.3. The van der Waals surface area contributed by atoms with Crippen LogP contribution in [-0.4, -0.2) is 51.1 Å². The topological polar surface area (TPSA) is 128 Å². The van der Waals surface area contributed by atoms with Crippen molar-refractivity contribution in [1.29, 1.82) is 0 Å². The molecule has 0 N–H and O–H groups in total. The van der Waals surface area contributed by atoms with Gasteiger partial charge in [-0.2, -0.15) is 8.42 Å². The fraction of sp³-hybridized carbons (Fsp3) is 0.962. The van der Waals surface area contributed by atoms with Crippen molar-refractivity contribution in [3.05, 3.63) is 10.4 Å². The van der Waals surface area contributed by atoms with Crippen LogP contribution in [0.5, 0.6) is 0 Å². The zero-order valence-electron chi connectivity index (χ0n) is 22.0. The molecule has 1 saturated heterocycles. The maximum absolute atomic E-state index is 12.7. The molecule has 0 aromatic heterocycles. The van der Waals surface area contributed by atoms with Crippen LogP contribution in [0.2, 0.25) is 0 Å². The van der Waals surface area contributed by atoms with E-state index < -0.39 is 34.7 Å². The number of ketones is 1. The minimum atomic E-state index is -3.66. The van der Waals surface area contributed by atoms with Crippen LogP contribution in [0.1, 0.15) is 85.0 Å². The Hall–Kier alpha value is -1.19. The number of carbonyl (C=O) groups excluding carboxylic acids is 1. The summed E-state index contributed by atoms with van der Waals surface area (Å²) in [6.45, 7) is 6.49. The highest BCUT2D eigenvalue weighted by atomic mass is 32.2. The molecule has 0 aromatic carbocycles. The van der Waals surface area contributed by atoms with Crippen LogP contribution in [0.4, 0.5) is 0 Å². The number of fused-ring (bicyclic) bond motifs is 5. The number of hydrogen-bond acceptors (Lipinski definition) is 7. The summed E-state index contributed by atoms with van der Waals surface area (Å²) in [5.41, 5.74) is 9.28. The molecule has 11 atom stereocenters. The summed E-state index contributed by atoms with van der Waals surface area (Å²) in [7, 11) is -3.66. The Kier molecular flexibility index (Phi) is 6.99. The third kappa shape index (κ3) is 4.62. The van der Waals surface area contributed by atoms with Crippen molar-refractivity contribution in [2.75, 3.05) is 6.26 Å². The highest BCUT2D eigenvalue weighted by Gasteiger charge is 2.60. The zero-order chi connectivity index (χ0) is 25.9. The van der Waals surface area contributed by atoms with Crippen molar-refractivity contribution in [1.82, 2.24) is 0 Å². The summed E-state index contributed by atoms with van der Waals surface area (Å²) in [6, 6.07) is -0.641. The summed E-state index contributed by atoms with van der Waals surface area (Å²) >= 11 is 0. The average molecular weight is 524 g/mol. The first kappa shape index (κ1) is 26.4. The molecule has 0 amide bonds. The van der Waals surface area contributed by atoms with Gasteiger partial charge in [-0.3, -0.25) is 8.98 Å². The Labute approximate surface area is 214 Å². The number of nitrogens with zero attached hydrogens (tertiary/aromatic N) is 3. The Morgan fingerprint density at radius 1 is 1.08 bits per heavy atom. The van der Waals surface area contributed by atoms with Crippen LogP contribution in [0.25, 0.3) is 10.4 Å². The third-order valence-electron chi connectivity index (χ3n) is 10.8. The van der Waals surface area contributed by atoms with Gasteiger partial charge in [0.05, 0.1) is 24.5 Å². The number of Topliss-reactive ketones (excluding diaryl/α,β-unsaturated/α-hetero) is 1. The first-order valence-electron chi connectivity index (χ1n) is 13.7. The lowest BCUT2D eigenvalue weighted by atomic mass is 9.45. The van der Waals surface area contributed by atoms with Crippen molar-refractivity contribution in [2.24, 2.45) is 39.6 Å². The molecule has 36 heavy (non-hydrogen) atoms. The molecule has 202 valence electrons. The van der Waals surface area contributed by atoms with E-state index in [0.29, 0.717) is 29.5 Å². The molecule has 1 heterocycles. The summed E-state index contributed by atoms with van der Waals surface area (Å²) in [6.07, 6.45) is 8.74. The molecule has 0 radical (unpaired) electrons. The van der Waals surface area contributed by atoms with Crippen LogP contribution >= 0.6 is 0 Å². The smallest absolute Gasteiger partial charge is 0.264 e. The molecule has 5 rings (SSSR count). The van der Waals surface area contributed by atoms with E-state index in [1.165, 1.54) is 12.8 Å². The molecule has 10 heteroatoms. The standard InChI is InChI=1S/C26H41N3O6S/c1-15-22(35-36(4,31)32)14-21(28-29-27)24(33-15)34-17-9-11-25(2)16(13-17)5-6-18-19-7-8-23(30)26(19,3)12-10-20(18)25/h15-22,24H,5-14H2,1-4H3/t15-,16+,17+,18+,19+,20+,21-,22+,24-,25+,26+/m1/s1. The molecule has 4 saturated carbocycles. The van der Waals surface area contributed by atoms with Gasteiger partial charge in [-0.05, 0) is 99.3 Å². The van der Waals surface area contributed by atoms with Crippen LogP contribution in [0.3, 0.4) is 0 Å². The van der Waals surface area contributed by atoms with Crippen molar-refractivity contribution in [3.63, 3.8) is 0 Å². The van der Waals surface area contributed by atoms with E-state index in [1.54, 1.807) is 6.92 Å². The van der Waals surface area contributed by atoms with Crippen LogP contribution in [0.15, 0.2) is 5.11 Å². The Balaban J connectivity index is 1.25. The number of rotatable bonds is 5. The third-order valence-corrected chi connectivity index (χ3v) is 11.4. The predicted octanol–water partition coefficient (Wildman–Crippen LogP) is 5.14. The van der Waals surface area contributed by atoms with Crippen molar-refractivity contribution >= 4 is 15.9 Å². The molecule has 0 bridgehead atoms. The van der Waals surface area contributed by atoms with Gasteiger partial charge in [0.2, 0.25) is 0 Å². The highest BCUT2D eigenvalue weighted by molar-refractivity contribution is 7.86. The normalized spacial score (nSPS) is 48.9. The number of hydrogen-bond donors (Lipinski definition) is 0. The quantitative estimate of drug-likeness (QED) is 0.161. The molecule has 4 aliphatic carbocycles. The van der Waals surface area contributed by atoms with Gasteiger partial charge in [-0.1, -0.05) is 19.0 Å². The lowest BCUT2D eigenvalue weighted by molar-refractivity contribution is -0.250. The second-order valence-electron chi connectivity index (χ2n) is 12.7. The van der Waals surface area contributed by atoms with Gasteiger partial charge in [0, 0.05) is 16.7 Å². The SMILES string of the molecule is C[C@H]1O[C@H](O[C@H]2CC[C@@]3(C)[C@@H](CC[C@@H]4[C@@H]3CC[C@]3(C)C(=O)CC[C@@H]43)C2)[C@H](N=[N+]=[N-])C[C@@H]1OS(C)(=O)=O. The van der Waals surface area contributed by atoms with Gasteiger partial charge in [0.15, 0.2) is 6.29 Å². The zero-order valence-corrected chi connectivity index (χ0v) is 22.8. The van der Waals surface area contributed by atoms with Gasteiger partial charge in [0.25, 0.3) is 10.1 Å². The summed E-state index contributed by atoms with van der Waals surface area (Å²) in [5.74, 6) is 2.96. The Bertz CT molecular complexity index is 1030. The van der Waals surface area contributed by atoms with E-state index in [4.69, 9.17) is 19.2 Å². The molecule has 0 spiro atoms. The van der Waals surface area contributed by atoms with E-state index >= 15 is 0 Å². The molecular formula is C26H41N3O6S. The van der Waals surface area contributed by atoms with Gasteiger partial charge in [-0.15, -0.1) is 0 Å². The van der Waals surface area contributed by atoms with E-state index in [9.17, 15) is 13.2 Å². The average Bonchev–Trinajstić information content (AvgIpc) is 3.11. The number of ether oxygens (including phenoxy) is 2. The fourth-order valence-electron chi connectivity index (χ4n) is 8.87. The van der Waals surface area contributed by atoms with E-state index in [-0.39, 0.29) is 23.4 Å². The van der Waals surface area contributed by atoms with Gasteiger partial charge >= 0.3 is 0 Å². The molecule has 5 aliphatic rings. The summed E-state index contributed by atoms with van der Waals surface area (Å²) < 4.78 is 40.9. The Morgan fingerprint density at radius 3 is 2.58 bits per heavy atom. The molecular weight excluding hydrogens is 482 g/mol. The first-order valence-corrected chi connectivity index (χ1v) is 15.5. The largest absolute Gasteiger partial charge is 0.349 e. The van der Waals surface area contributed by atoms with Crippen molar-refractivity contribution < 1.29 is 26.9 Å². The van der Waals surface area contributed by atoms with Crippen LogP contribution in [0, 0.1) is 34.5 Å². The maximum atomic E-state index is 12.7. The van der Waals surface area contributed by atoms with Gasteiger partial charge < -0.3 is 9.47 Å². The fourth-order valence-corrected chi connectivity index (χ4v) is 9.55. The lowest BCUT2D eigenvalue weighted by Gasteiger charge is -2.60. The van der Waals surface area contributed by atoms with Crippen LogP contribution < -0.4 is 0 Å². The second kappa shape index (κ2) is 9.53. The number of azide groups is 1. The van der Waals surface area contributed by atoms with Crippen LogP contribution in [-0.2, 0) is 28.6 Å². The maximum Gasteiger partial charge on any atom is 0.264 e. The minimum Gasteiger partial charge on any atom is -0.349 e. The summed E-state index contributed by atoms with van der Waals surface area (Å²) in [5, 5.41) is 3.87. The highest BCUT2D eigenvalue weighted by Crippen LogP contribution is 2.65. The van der Waals surface area contributed by atoms with Gasteiger partial charge in [0.1, 0.15) is 11.9 Å². The molecule has 5 fully saturated rings.